The molecule has 122 valence electrons. The van der Waals surface area contributed by atoms with E-state index in [1.807, 2.05) is 0 Å². The summed E-state index contributed by atoms with van der Waals surface area (Å²) in [7, 11) is 0.994. The van der Waals surface area contributed by atoms with Gasteiger partial charge in [-0.15, -0.1) is 0 Å². The second-order valence-electron chi connectivity index (χ2n) is 5.62. The number of hydrogen-bond donors (Lipinski definition) is 1. The molecule has 0 aromatic carbocycles. The molecule has 0 saturated heterocycles. The van der Waals surface area contributed by atoms with Gasteiger partial charge in [-0.3, -0.25) is 0 Å². The molecular weight excluding hydrogens is 286 g/mol. The van der Waals surface area contributed by atoms with Crippen LogP contribution in [0.15, 0.2) is 0 Å². The van der Waals surface area contributed by atoms with E-state index >= 15 is 0 Å². The fourth-order valence-corrected chi connectivity index (χ4v) is 15.6. The quantitative estimate of drug-likeness (QED) is 0.593. The summed E-state index contributed by atoms with van der Waals surface area (Å²) in [5.74, 6) is 0. The highest BCUT2D eigenvalue weighted by Crippen LogP contribution is 2.43. The van der Waals surface area contributed by atoms with E-state index in [4.69, 9.17) is 19.0 Å². The van der Waals surface area contributed by atoms with Gasteiger partial charge in [0, 0.05) is 32.5 Å². The van der Waals surface area contributed by atoms with Crippen LogP contribution in [0.1, 0.15) is 40.5 Å². The molecule has 0 aliphatic heterocycles. The lowest BCUT2D eigenvalue weighted by Crippen LogP contribution is -2.59. The topological polar surface area (TPSA) is 53.7 Å². The Morgan fingerprint density at radius 3 is 1.55 bits per heavy atom. The fourth-order valence-electron chi connectivity index (χ4n) is 3.58. The summed E-state index contributed by atoms with van der Waals surface area (Å²) in [5.41, 5.74) is 6.30. The first-order valence-corrected chi connectivity index (χ1v) is 12.4. The van der Waals surface area contributed by atoms with Gasteiger partial charge in [0.25, 0.3) is 0 Å². The van der Waals surface area contributed by atoms with Crippen molar-refractivity contribution in [2.45, 2.75) is 69.9 Å². The molecule has 2 N–H and O–H groups in total. The molecule has 6 heteroatoms. The molecular formula is C14H35NO3Si2. The van der Waals surface area contributed by atoms with Crippen molar-refractivity contribution in [1.82, 2.24) is 0 Å². The van der Waals surface area contributed by atoms with Crippen molar-refractivity contribution >= 4 is 16.9 Å². The van der Waals surface area contributed by atoms with Gasteiger partial charge in [-0.1, -0.05) is 46.2 Å². The van der Waals surface area contributed by atoms with E-state index in [0.717, 1.165) is 18.9 Å². The average molecular weight is 322 g/mol. The van der Waals surface area contributed by atoms with Gasteiger partial charge >= 0.3 is 8.80 Å². The third-order valence-corrected chi connectivity index (χ3v) is 16.9. The summed E-state index contributed by atoms with van der Waals surface area (Å²) in [5, 5.41) is 0.419. The first-order valence-electron chi connectivity index (χ1n) is 7.86. The highest BCUT2D eigenvalue weighted by molar-refractivity contribution is 6.93. The maximum Gasteiger partial charge on any atom is 0.500 e. The van der Waals surface area contributed by atoms with Crippen LogP contribution in [0.4, 0.5) is 0 Å². The van der Waals surface area contributed by atoms with E-state index in [0.29, 0.717) is 5.16 Å². The van der Waals surface area contributed by atoms with E-state index in [2.05, 4.69) is 27.7 Å². The fraction of sp³-hybridized carbons (Fsp3) is 1.00. The van der Waals surface area contributed by atoms with Crippen molar-refractivity contribution in [1.29, 1.82) is 0 Å². The summed E-state index contributed by atoms with van der Waals surface area (Å²) < 4.78 is 17.4. The number of nitrogens with two attached hydrogens (primary N) is 1. The average Bonchev–Trinajstić information content (AvgIpc) is 2.50. The lowest BCUT2D eigenvalue weighted by atomic mass is 10.3. The first kappa shape index (κ1) is 20.3. The van der Waals surface area contributed by atoms with Crippen LogP contribution in [0.2, 0.25) is 23.3 Å². The molecule has 20 heavy (non-hydrogen) atoms. The van der Waals surface area contributed by atoms with Gasteiger partial charge in [0.05, 0.1) is 8.07 Å². The minimum atomic E-state index is -2.60. The van der Waals surface area contributed by atoms with E-state index < -0.39 is 16.9 Å². The Balaban J connectivity index is 5.58. The van der Waals surface area contributed by atoms with Crippen molar-refractivity contribution in [2.75, 3.05) is 21.3 Å². The van der Waals surface area contributed by atoms with Crippen LogP contribution in [-0.4, -0.2) is 44.2 Å². The summed E-state index contributed by atoms with van der Waals surface area (Å²) >= 11 is 0. The predicted molar refractivity (Wildman–Crippen MR) is 90.6 cm³/mol. The maximum atomic E-state index is 6.30. The second kappa shape index (κ2) is 9.32. The van der Waals surface area contributed by atoms with E-state index in [1.54, 1.807) is 21.3 Å². The van der Waals surface area contributed by atoms with Crippen LogP contribution in [-0.2, 0) is 13.3 Å². The molecule has 0 spiro atoms. The normalized spacial score (nSPS) is 16.2. The zero-order valence-electron chi connectivity index (χ0n) is 14.5. The molecule has 0 bridgehead atoms. The number of rotatable bonds is 11. The van der Waals surface area contributed by atoms with Gasteiger partial charge in [-0.05, 0) is 12.5 Å². The zero-order valence-corrected chi connectivity index (χ0v) is 16.5. The second-order valence-corrected chi connectivity index (χ2v) is 14.6. The van der Waals surface area contributed by atoms with Gasteiger partial charge in [0.2, 0.25) is 0 Å². The Kier molecular flexibility index (Phi) is 9.45. The lowest BCUT2D eigenvalue weighted by molar-refractivity contribution is 0.118. The molecule has 0 aromatic heterocycles. The van der Waals surface area contributed by atoms with E-state index in [9.17, 15) is 0 Å². The minimum absolute atomic E-state index is 0.285. The van der Waals surface area contributed by atoms with Crippen molar-refractivity contribution in [2.24, 2.45) is 5.73 Å². The first-order chi connectivity index (χ1) is 9.45. The minimum Gasteiger partial charge on any atom is -0.377 e. The molecule has 2 unspecified atom stereocenters. The predicted octanol–water partition coefficient (Wildman–Crippen LogP) is 3.41. The summed E-state index contributed by atoms with van der Waals surface area (Å²) in [6.07, 6.45) is 2.08. The van der Waals surface area contributed by atoms with E-state index in [-0.39, 0.29) is 6.04 Å². The highest BCUT2D eigenvalue weighted by atomic mass is 28.4. The Hall–Kier alpha value is 0.274. The highest BCUT2D eigenvalue weighted by Gasteiger charge is 2.56. The molecule has 4 nitrogen and oxygen atoms in total. The SMILES string of the molecule is CCC(N)C[Si](CC)(CC)C(CC)[Si](OC)(OC)OC. The molecule has 0 aliphatic rings. The summed E-state index contributed by atoms with van der Waals surface area (Å²) in [6, 6.07) is 3.84. The van der Waals surface area contributed by atoms with Crippen molar-refractivity contribution in [3.8, 4) is 0 Å². The molecule has 0 aromatic rings. The summed E-state index contributed by atoms with van der Waals surface area (Å²) in [6.45, 7) is 9.01. The Morgan fingerprint density at radius 2 is 1.30 bits per heavy atom. The third-order valence-electron chi connectivity index (χ3n) is 5.03. The molecule has 0 saturated carbocycles. The smallest absolute Gasteiger partial charge is 0.377 e. The van der Waals surface area contributed by atoms with Crippen LogP contribution in [0, 0.1) is 0 Å². The zero-order chi connectivity index (χ0) is 15.8. The lowest BCUT2D eigenvalue weighted by Gasteiger charge is -2.45. The number of hydrogen-bond acceptors (Lipinski definition) is 4. The van der Waals surface area contributed by atoms with Crippen LogP contribution >= 0.6 is 0 Å². The molecule has 2 atom stereocenters. The summed E-state index contributed by atoms with van der Waals surface area (Å²) in [4.78, 5) is 0. The van der Waals surface area contributed by atoms with Crippen LogP contribution in [0.5, 0.6) is 0 Å². The standard InChI is InChI=1S/C14H35NO3Si2/c1-8-13(15)12-19(10-3,11-4)14(9-2)20(16-5,17-6)18-7/h13-14H,8-12,15H2,1-7H3. The Morgan fingerprint density at radius 1 is 0.850 bits per heavy atom. The molecule has 0 heterocycles. The van der Waals surface area contributed by atoms with Gasteiger partial charge in [-0.25, -0.2) is 0 Å². The van der Waals surface area contributed by atoms with E-state index in [1.165, 1.54) is 12.1 Å². The van der Waals surface area contributed by atoms with Gasteiger partial charge in [0.1, 0.15) is 0 Å². The van der Waals surface area contributed by atoms with Gasteiger partial charge in [0.15, 0.2) is 0 Å². The van der Waals surface area contributed by atoms with Crippen molar-refractivity contribution < 1.29 is 13.3 Å². The molecule has 0 fully saturated rings. The van der Waals surface area contributed by atoms with Crippen LogP contribution in [0.3, 0.4) is 0 Å². The van der Waals surface area contributed by atoms with Crippen molar-refractivity contribution in [3.63, 3.8) is 0 Å². The monoisotopic (exact) mass is 321 g/mol. The molecule has 0 amide bonds. The van der Waals surface area contributed by atoms with Crippen LogP contribution < -0.4 is 5.73 Å². The van der Waals surface area contributed by atoms with Crippen LogP contribution in [0.25, 0.3) is 0 Å². The molecule has 0 aliphatic carbocycles. The molecule has 0 rings (SSSR count). The van der Waals surface area contributed by atoms with Gasteiger partial charge < -0.3 is 19.0 Å². The third kappa shape index (κ3) is 4.14. The Bertz CT molecular complexity index is 251. The largest absolute Gasteiger partial charge is 0.500 e. The Labute approximate surface area is 127 Å². The van der Waals surface area contributed by atoms with Gasteiger partial charge in [-0.2, -0.15) is 0 Å². The van der Waals surface area contributed by atoms with Crippen molar-refractivity contribution in [3.05, 3.63) is 0 Å². The molecule has 0 radical (unpaired) electrons. The maximum absolute atomic E-state index is 6.30.